The minimum atomic E-state index is -0.768. The summed E-state index contributed by atoms with van der Waals surface area (Å²) in [6.45, 7) is 4.41. The fraction of sp³-hybridized carbons (Fsp3) is 0.833. The van der Waals surface area contributed by atoms with Crippen molar-refractivity contribution in [3.63, 3.8) is 0 Å². The smallest absolute Gasteiger partial charge is 0.317 e. The molecule has 1 amide bonds. The Balaban J connectivity index is 2.38. The van der Waals surface area contributed by atoms with Gasteiger partial charge >= 0.3 is 5.97 Å². The first kappa shape index (κ1) is 14.0. The van der Waals surface area contributed by atoms with E-state index in [4.69, 9.17) is 5.11 Å². The van der Waals surface area contributed by atoms with Gasteiger partial charge in [0.05, 0.1) is 6.54 Å². The zero-order valence-corrected chi connectivity index (χ0v) is 10.6. The first-order valence-corrected chi connectivity index (χ1v) is 6.25. The number of nitrogens with one attached hydrogen (secondary N) is 1. The van der Waals surface area contributed by atoms with Gasteiger partial charge in [-0.25, -0.2) is 0 Å². The molecule has 0 spiro atoms. The maximum absolute atomic E-state index is 10.9. The van der Waals surface area contributed by atoms with Crippen molar-refractivity contribution < 1.29 is 14.7 Å². The van der Waals surface area contributed by atoms with Crippen molar-refractivity contribution in [2.45, 2.75) is 51.6 Å². The number of likely N-dealkylation sites (N-methyl/N-ethyl adjacent to an activating group) is 1. The molecule has 0 bridgehead atoms. The van der Waals surface area contributed by atoms with Gasteiger partial charge in [-0.05, 0) is 32.2 Å². The van der Waals surface area contributed by atoms with E-state index in [0.717, 1.165) is 32.2 Å². The average molecular weight is 242 g/mol. The third-order valence-electron chi connectivity index (χ3n) is 3.37. The maximum Gasteiger partial charge on any atom is 0.317 e. The van der Waals surface area contributed by atoms with E-state index in [9.17, 15) is 9.59 Å². The van der Waals surface area contributed by atoms with E-state index in [2.05, 4.69) is 5.32 Å². The van der Waals surface area contributed by atoms with Gasteiger partial charge in [-0.3, -0.25) is 14.5 Å². The molecule has 0 radical (unpaired) electrons. The van der Waals surface area contributed by atoms with E-state index in [-0.39, 0.29) is 18.5 Å². The minimum Gasteiger partial charge on any atom is -0.480 e. The lowest BCUT2D eigenvalue weighted by atomic mass is 9.90. The number of nitrogens with zero attached hydrogens (tertiary/aromatic N) is 1. The van der Waals surface area contributed by atoms with Crippen LogP contribution in [-0.4, -0.2) is 47.1 Å². The molecule has 0 heterocycles. The lowest BCUT2D eigenvalue weighted by Gasteiger charge is -2.35. The number of carboxylic acids is 1. The molecule has 1 aliphatic rings. The van der Waals surface area contributed by atoms with Gasteiger partial charge in [-0.2, -0.15) is 0 Å². The predicted octanol–water partition coefficient (Wildman–Crippen LogP) is 0.840. The quantitative estimate of drug-likeness (QED) is 0.749. The molecule has 1 fully saturated rings. The monoisotopic (exact) mass is 242 g/mol. The molecular formula is C12H22N2O3. The van der Waals surface area contributed by atoms with Crippen LogP contribution in [0.5, 0.6) is 0 Å². The number of carboxylic acid groups (broad SMARTS) is 1. The van der Waals surface area contributed by atoms with Crippen LogP contribution in [0.1, 0.15) is 39.5 Å². The van der Waals surface area contributed by atoms with Gasteiger partial charge in [0, 0.05) is 19.0 Å². The number of carbonyl (C=O) groups excluding carboxylic acids is 1. The number of amides is 1. The Labute approximate surface area is 102 Å². The van der Waals surface area contributed by atoms with Crippen molar-refractivity contribution in [3.05, 3.63) is 0 Å². The molecule has 1 rings (SSSR count). The molecular weight excluding hydrogens is 220 g/mol. The van der Waals surface area contributed by atoms with Crippen molar-refractivity contribution in [2.75, 3.05) is 13.1 Å². The van der Waals surface area contributed by atoms with Gasteiger partial charge in [0.25, 0.3) is 0 Å². The highest BCUT2D eigenvalue weighted by Crippen LogP contribution is 2.23. The van der Waals surface area contributed by atoms with Gasteiger partial charge in [-0.1, -0.05) is 6.92 Å². The molecule has 0 unspecified atom stereocenters. The molecule has 1 saturated carbocycles. The van der Waals surface area contributed by atoms with E-state index in [1.807, 2.05) is 11.8 Å². The highest BCUT2D eigenvalue weighted by atomic mass is 16.4. The molecule has 0 aromatic carbocycles. The summed E-state index contributed by atoms with van der Waals surface area (Å²) in [4.78, 5) is 23.7. The number of rotatable bonds is 5. The van der Waals surface area contributed by atoms with Gasteiger partial charge in [0.2, 0.25) is 5.91 Å². The Morgan fingerprint density at radius 2 is 1.88 bits per heavy atom. The van der Waals surface area contributed by atoms with E-state index >= 15 is 0 Å². The topological polar surface area (TPSA) is 69.6 Å². The summed E-state index contributed by atoms with van der Waals surface area (Å²) >= 11 is 0. The second-order valence-corrected chi connectivity index (χ2v) is 4.66. The lowest BCUT2D eigenvalue weighted by molar-refractivity contribution is -0.139. The molecule has 2 N–H and O–H groups in total. The number of hydrogen-bond acceptors (Lipinski definition) is 3. The predicted molar refractivity (Wildman–Crippen MR) is 64.7 cm³/mol. The highest BCUT2D eigenvalue weighted by Gasteiger charge is 2.26. The van der Waals surface area contributed by atoms with Gasteiger partial charge < -0.3 is 10.4 Å². The van der Waals surface area contributed by atoms with E-state index in [1.165, 1.54) is 6.92 Å². The van der Waals surface area contributed by atoms with Crippen LogP contribution in [0.4, 0.5) is 0 Å². The molecule has 17 heavy (non-hydrogen) atoms. The van der Waals surface area contributed by atoms with E-state index in [0.29, 0.717) is 6.04 Å². The summed E-state index contributed by atoms with van der Waals surface area (Å²) in [6.07, 6.45) is 3.82. The Morgan fingerprint density at radius 3 is 2.29 bits per heavy atom. The van der Waals surface area contributed by atoms with Crippen molar-refractivity contribution in [2.24, 2.45) is 0 Å². The molecule has 5 nitrogen and oxygen atoms in total. The van der Waals surface area contributed by atoms with Gasteiger partial charge in [-0.15, -0.1) is 0 Å². The highest BCUT2D eigenvalue weighted by molar-refractivity contribution is 5.73. The zero-order valence-electron chi connectivity index (χ0n) is 10.6. The summed E-state index contributed by atoms with van der Waals surface area (Å²) in [5.74, 6) is -0.748. The zero-order chi connectivity index (χ0) is 12.8. The normalized spacial score (nSPS) is 24.6. The Bertz CT molecular complexity index is 273. The first-order chi connectivity index (χ1) is 8.02. The molecule has 0 atom stereocenters. The van der Waals surface area contributed by atoms with Crippen molar-refractivity contribution in [1.82, 2.24) is 10.2 Å². The maximum atomic E-state index is 10.9. The summed E-state index contributed by atoms with van der Waals surface area (Å²) in [7, 11) is 0. The fourth-order valence-corrected chi connectivity index (χ4v) is 2.55. The second kappa shape index (κ2) is 6.59. The van der Waals surface area contributed by atoms with Gasteiger partial charge in [0.15, 0.2) is 0 Å². The molecule has 98 valence electrons. The number of carbonyl (C=O) groups is 2. The largest absolute Gasteiger partial charge is 0.480 e. The Morgan fingerprint density at radius 1 is 1.29 bits per heavy atom. The van der Waals surface area contributed by atoms with E-state index < -0.39 is 5.97 Å². The third-order valence-corrected chi connectivity index (χ3v) is 3.37. The Hall–Kier alpha value is -1.10. The summed E-state index contributed by atoms with van der Waals surface area (Å²) in [5.41, 5.74) is 0. The van der Waals surface area contributed by atoms with Crippen LogP contribution in [0.2, 0.25) is 0 Å². The SMILES string of the molecule is CCN(CC(=O)O)C1CCC(NC(C)=O)CC1. The fourth-order valence-electron chi connectivity index (χ4n) is 2.55. The second-order valence-electron chi connectivity index (χ2n) is 4.66. The Kier molecular flexibility index (Phi) is 5.41. The van der Waals surface area contributed by atoms with Crippen molar-refractivity contribution in [1.29, 1.82) is 0 Å². The van der Waals surface area contributed by atoms with Crippen molar-refractivity contribution >= 4 is 11.9 Å². The number of hydrogen-bond donors (Lipinski definition) is 2. The standard InChI is InChI=1S/C12H22N2O3/c1-3-14(8-12(16)17)11-6-4-10(5-7-11)13-9(2)15/h10-11H,3-8H2,1-2H3,(H,13,15)(H,16,17). The molecule has 0 aromatic rings. The summed E-state index contributed by atoms with van der Waals surface area (Å²) < 4.78 is 0. The van der Waals surface area contributed by atoms with Crippen LogP contribution < -0.4 is 5.32 Å². The summed E-state index contributed by atoms with van der Waals surface area (Å²) in [5, 5.41) is 11.7. The molecule has 1 aliphatic carbocycles. The molecule has 0 aliphatic heterocycles. The van der Waals surface area contributed by atoms with Crippen LogP contribution in [0.25, 0.3) is 0 Å². The van der Waals surface area contributed by atoms with Crippen LogP contribution in [0.3, 0.4) is 0 Å². The molecule has 0 aromatic heterocycles. The number of aliphatic carboxylic acids is 1. The average Bonchev–Trinajstić information content (AvgIpc) is 2.26. The van der Waals surface area contributed by atoms with Crippen LogP contribution >= 0.6 is 0 Å². The van der Waals surface area contributed by atoms with Crippen LogP contribution in [0.15, 0.2) is 0 Å². The molecule has 5 heteroatoms. The molecule has 0 saturated heterocycles. The third kappa shape index (κ3) is 4.73. The van der Waals surface area contributed by atoms with Crippen LogP contribution in [-0.2, 0) is 9.59 Å². The van der Waals surface area contributed by atoms with Crippen molar-refractivity contribution in [3.8, 4) is 0 Å². The lowest BCUT2D eigenvalue weighted by Crippen LogP contribution is -2.45. The first-order valence-electron chi connectivity index (χ1n) is 6.25. The summed E-state index contributed by atoms with van der Waals surface area (Å²) in [6, 6.07) is 0.619. The van der Waals surface area contributed by atoms with Gasteiger partial charge in [0.1, 0.15) is 0 Å². The van der Waals surface area contributed by atoms with Crippen LogP contribution in [0, 0.1) is 0 Å². The minimum absolute atomic E-state index is 0.0198. The van der Waals surface area contributed by atoms with E-state index in [1.54, 1.807) is 0 Å².